The van der Waals surface area contributed by atoms with Gasteiger partial charge in [-0.15, -0.1) is 0 Å². The van der Waals surface area contributed by atoms with Crippen LogP contribution in [-0.4, -0.2) is 30.1 Å². The monoisotopic (exact) mass is 386 g/mol. The number of aromatic nitrogens is 2. The summed E-state index contributed by atoms with van der Waals surface area (Å²) in [6.45, 7) is 2.21. The van der Waals surface area contributed by atoms with Crippen molar-refractivity contribution in [2.45, 2.75) is 50.9 Å². The van der Waals surface area contributed by atoms with Crippen LogP contribution in [0.3, 0.4) is 0 Å². The van der Waals surface area contributed by atoms with Crippen molar-refractivity contribution in [2.75, 3.05) is 30.4 Å². The van der Waals surface area contributed by atoms with E-state index >= 15 is 0 Å². The van der Waals surface area contributed by atoms with Gasteiger partial charge in [0.2, 0.25) is 5.95 Å². The standard InChI is InChI=1S/C15H23IN4/c1-17-14-12(16)13(11-7-3-4-8-11)18-15(19-14)20-9-5-2-6-10-20/h11H,2-10H2,1H3,(H,17,18,19). The van der Waals surface area contributed by atoms with Crippen LogP contribution in [0, 0.1) is 3.57 Å². The van der Waals surface area contributed by atoms with Crippen LogP contribution in [-0.2, 0) is 0 Å². The van der Waals surface area contributed by atoms with Crippen molar-refractivity contribution < 1.29 is 0 Å². The smallest absolute Gasteiger partial charge is 0.227 e. The van der Waals surface area contributed by atoms with Crippen molar-refractivity contribution in [3.8, 4) is 0 Å². The molecule has 3 rings (SSSR count). The second-order valence-corrected chi connectivity index (χ2v) is 6.93. The van der Waals surface area contributed by atoms with Gasteiger partial charge < -0.3 is 10.2 Å². The molecule has 2 aliphatic rings. The van der Waals surface area contributed by atoms with Gasteiger partial charge in [0, 0.05) is 26.1 Å². The summed E-state index contributed by atoms with van der Waals surface area (Å²) in [7, 11) is 1.96. The molecule has 0 unspecified atom stereocenters. The minimum atomic E-state index is 0.639. The predicted octanol–water partition coefficient (Wildman–Crippen LogP) is 3.77. The van der Waals surface area contributed by atoms with Gasteiger partial charge in [0.15, 0.2) is 0 Å². The lowest BCUT2D eigenvalue weighted by molar-refractivity contribution is 0.565. The van der Waals surface area contributed by atoms with E-state index in [1.807, 2.05) is 7.05 Å². The largest absolute Gasteiger partial charge is 0.372 e. The first kappa shape index (κ1) is 14.4. The fourth-order valence-corrected chi connectivity index (χ4v) is 4.27. The average Bonchev–Trinajstić information content (AvgIpc) is 3.02. The van der Waals surface area contributed by atoms with Crippen molar-refractivity contribution in [3.63, 3.8) is 0 Å². The Morgan fingerprint density at radius 2 is 1.75 bits per heavy atom. The van der Waals surface area contributed by atoms with Crippen LogP contribution in [0.4, 0.5) is 11.8 Å². The Labute approximate surface area is 134 Å². The van der Waals surface area contributed by atoms with Crippen molar-refractivity contribution in [1.82, 2.24) is 9.97 Å². The molecular weight excluding hydrogens is 363 g/mol. The van der Waals surface area contributed by atoms with Crippen molar-refractivity contribution in [3.05, 3.63) is 9.26 Å². The average molecular weight is 386 g/mol. The SMILES string of the molecule is CNc1nc(N2CCCCC2)nc(C2CCCC2)c1I. The van der Waals surface area contributed by atoms with Gasteiger partial charge in [-0.1, -0.05) is 12.8 Å². The van der Waals surface area contributed by atoms with E-state index in [1.54, 1.807) is 0 Å². The number of piperidine rings is 1. The molecule has 1 aliphatic carbocycles. The number of hydrogen-bond donors (Lipinski definition) is 1. The lowest BCUT2D eigenvalue weighted by Crippen LogP contribution is -2.31. The Hall–Kier alpha value is -0.590. The second-order valence-electron chi connectivity index (χ2n) is 5.85. The van der Waals surface area contributed by atoms with Gasteiger partial charge in [0.05, 0.1) is 9.26 Å². The van der Waals surface area contributed by atoms with Gasteiger partial charge in [0.25, 0.3) is 0 Å². The zero-order chi connectivity index (χ0) is 13.9. The highest BCUT2D eigenvalue weighted by molar-refractivity contribution is 14.1. The van der Waals surface area contributed by atoms with E-state index < -0.39 is 0 Å². The van der Waals surface area contributed by atoms with Crippen LogP contribution >= 0.6 is 22.6 Å². The molecule has 1 aromatic heterocycles. The van der Waals surface area contributed by atoms with Crippen LogP contribution in [0.1, 0.15) is 56.6 Å². The molecule has 0 amide bonds. The highest BCUT2D eigenvalue weighted by Gasteiger charge is 2.25. The summed E-state index contributed by atoms with van der Waals surface area (Å²) < 4.78 is 1.22. The minimum absolute atomic E-state index is 0.639. The van der Waals surface area contributed by atoms with Crippen molar-refractivity contribution in [2.24, 2.45) is 0 Å². The minimum Gasteiger partial charge on any atom is -0.372 e. The van der Waals surface area contributed by atoms with E-state index in [9.17, 15) is 0 Å². The highest BCUT2D eigenvalue weighted by Crippen LogP contribution is 2.37. The fourth-order valence-electron chi connectivity index (χ4n) is 3.32. The molecule has 1 saturated carbocycles. The van der Waals surface area contributed by atoms with Gasteiger partial charge in [-0.3, -0.25) is 0 Å². The second kappa shape index (κ2) is 6.45. The first-order chi connectivity index (χ1) is 9.79. The number of nitrogens with zero attached hydrogens (tertiary/aromatic N) is 3. The molecule has 2 heterocycles. The van der Waals surface area contributed by atoms with Crippen LogP contribution in [0.5, 0.6) is 0 Å². The molecule has 0 bridgehead atoms. The maximum absolute atomic E-state index is 4.95. The Kier molecular flexibility index (Phi) is 4.63. The van der Waals surface area contributed by atoms with Gasteiger partial charge in [-0.2, -0.15) is 4.98 Å². The van der Waals surface area contributed by atoms with Crippen LogP contribution in [0.15, 0.2) is 0 Å². The van der Waals surface area contributed by atoms with Crippen LogP contribution in [0.25, 0.3) is 0 Å². The van der Waals surface area contributed by atoms with Gasteiger partial charge >= 0.3 is 0 Å². The quantitative estimate of drug-likeness (QED) is 0.803. The Bertz CT molecular complexity index is 465. The Balaban J connectivity index is 1.95. The Morgan fingerprint density at radius 1 is 1.05 bits per heavy atom. The summed E-state index contributed by atoms with van der Waals surface area (Å²) in [6.07, 6.45) is 9.14. The topological polar surface area (TPSA) is 41.1 Å². The van der Waals surface area contributed by atoms with E-state index in [2.05, 4.69) is 32.8 Å². The number of anilines is 2. The van der Waals surface area contributed by atoms with Crippen molar-refractivity contribution >= 4 is 34.4 Å². The molecule has 1 aliphatic heterocycles. The molecule has 20 heavy (non-hydrogen) atoms. The van der Waals surface area contributed by atoms with Crippen molar-refractivity contribution in [1.29, 1.82) is 0 Å². The predicted molar refractivity (Wildman–Crippen MR) is 91.6 cm³/mol. The van der Waals surface area contributed by atoms with E-state index in [-0.39, 0.29) is 0 Å². The molecule has 1 saturated heterocycles. The number of rotatable bonds is 3. The molecule has 110 valence electrons. The third-order valence-electron chi connectivity index (χ3n) is 4.48. The van der Waals surface area contributed by atoms with Crippen LogP contribution in [0.2, 0.25) is 0 Å². The molecule has 1 aromatic rings. The fraction of sp³-hybridized carbons (Fsp3) is 0.733. The maximum Gasteiger partial charge on any atom is 0.227 e. The zero-order valence-corrected chi connectivity index (χ0v) is 14.3. The summed E-state index contributed by atoms with van der Waals surface area (Å²) in [5, 5.41) is 3.25. The Morgan fingerprint density at radius 3 is 2.40 bits per heavy atom. The summed E-state index contributed by atoms with van der Waals surface area (Å²) in [5.74, 6) is 2.58. The third-order valence-corrected chi connectivity index (χ3v) is 5.55. The number of nitrogens with one attached hydrogen (secondary N) is 1. The lowest BCUT2D eigenvalue weighted by Gasteiger charge is -2.28. The van der Waals surface area contributed by atoms with Gasteiger partial charge in [-0.05, 0) is 54.7 Å². The van der Waals surface area contributed by atoms with Crippen LogP contribution < -0.4 is 10.2 Å². The molecular formula is C15H23IN4. The van der Waals surface area contributed by atoms with E-state index in [1.165, 1.54) is 54.2 Å². The van der Waals surface area contributed by atoms with Gasteiger partial charge in [-0.25, -0.2) is 4.98 Å². The third kappa shape index (κ3) is 2.87. The number of halogens is 1. The molecule has 0 spiro atoms. The summed E-state index contributed by atoms with van der Waals surface area (Å²) in [6, 6.07) is 0. The first-order valence-electron chi connectivity index (χ1n) is 7.79. The van der Waals surface area contributed by atoms with Gasteiger partial charge in [0.1, 0.15) is 5.82 Å². The molecule has 2 fully saturated rings. The molecule has 0 radical (unpaired) electrons. The maximum atomic E-state index is 4.95. The summed E-state index contributed by atoms with van der Waals surface area (Å²) in [4.78, 5) is 12.1. The highest BCUT2D eigenvalue weighted by atomic mass is 127. The summed E-state index contributed by atoms with van der Waals surface area (Å²) >= 11 is 2.41. The molecule has 5 heteroatoms. The molecule has 1 N–H and O–H groups in total. The number of hydrogen-bond acceptors (Lipinski definition) is 4. The normalized spacial score (nSPS) is 20.4. The molecule has 4 nitrogen and oxygen atoms in total. The first-order valence-corrected chi connectivity index (χ1v) is 8.87. The zero-order valence-electron chi connectivity index (χ0n) is 12.2. The lowest BCUT2D eigenvalue weighted by atomic mass is 10.0. The molecule has 0 atom stereocenters. The molecule has 0 aromatic carbocycles. The van der Waals surface area contributed by atoms with E-state index in [4.69, 9.17) is 9.97 Å². The van der Waals surface area contributed by atoms with E-state index in [0.29, 0.717) is 5.92 Å². The summed E-state index contributed by atoms with van der Waals surface area (Å²) in [5.41, 5.74) is 1.28. The van der Waals surface area contributed by atoms with E-state index in [0.717, 1.165) is 24.9 Å².